The van der Waals surface area contributed by atoms with Crippen LogP contribution in [0, 0.1) is 0 Å². The molecule has 0 heterocycles. The molecule has 0 unspecified atom stereocenters. The normalized spacial score (nSPS) is 25.2. The molecule has 0 aromatic heterocycles. The van der Waals surface area contributed by atoms with Crippen LogP contribution in [0.4, 0.5) is 0 Å². The molecule has 108 valence electrons. The van der Waals surface area contributed by atoms with Gasteiger partial charge in [0, 0.05) is 12.0 Å². The topological polar surface area (TPSA) is 47.6 Å². The van der Waals surface area contributed by atoms with Crippen LogP contribution in [0.2, 0.25) is 0 Å². The Kier molecular flexibility index (Phi) is 3.81. The van der Waals surface area contributed by atoms with Crippen LogP contribution in [0.5, 0.6) is 11.5 Å². The molecule has 2 atom stereocenters. The number of hydrogen-bond donors (Lipinski definition) is 1. The Bertz CT molecular complexity index is 483. The van der Waals surface area contributed by atoms with E-state index in [1.54, 1.807) is 7.11 Å². The molecule has 4 heteroatoms. The zero-order valence-electron chi connectivity index (χ0n) is 11.8. The molecule has 1 aromatic carbocycles. The maximum Gasteiger partial charge on any atom is 0.207 e. The van der Waals surface area contributed by atoms with Gasteiger partial charge in [-0.25, -0.2) is 0 Å². The number of nitrogens with one attached hydrogen (secondary N) is 1. The molecule has 0 spiro atoms. The van der Waals surface area contributed by atoms with Gasteiger partial charge < -0.3 is 14.8 Å². The van der Waals surface area contributed by atoms with E-state index in [0.717, 1.165) is 37.2 Å². The molecular weight excluding hydrogens is 254 g/mol. The van der Waals surface area contributed by atoms with Crippen LogP contribution in [0.3, 0.4) is 0 Å². The molecule has 4 nitrogen and oxygen atoms in total. The lowest BCUT2D eigenvalue weighted by Crippen LogP contribution is -2.15. The Hall–Kier alpha value is -1.71. The van der Waals surface area contributed by atoms with Gasteiger partial charge in [-0.05, 0) is 49.8 Å². The first-order valence-electron chi connectivity index (χ1n) is 7.36. The van der Waals surface area contributed by atoms with E-state index in [2.05, 4.69) is 17.4 Å². The molecule has 0 radical (unpaired) electrons. The fraction of sp³-hybridized carbons (Fsp3) is 0.562. The first-order chi connectivity index (χ1) is 9.81. The summed E-state index contributed by atoms with van der Waals surface area (Å²) in [5.41, 5.74) is 1.22. The van der Waals surface area contributed by atoms with E-state index in [-0.39, 0.29) is 6.04 Å². The summed E-state index contributed by atoms with van der Waals surface area (Å²) in [5.74, 6) is 2.05. The van der Waals surface area contributed by atoms with Crippen molar-refractivity contribution in [3.63, 3.8) is 0 Å². The number of benzene rings is 1. The van der Waals surface area contributed by atoms with Crippen molar-refractivity contribution >= 4 is 6.41 Å². The first-order valence-corrected chi connectivity index (χ1v) is 7.36. The third-order valence-electron chi connectivity index (χ3n) is 4.28. The number of ether oxygens (including phenoxy) is 2. The number of methoxy groups -OCH3 is 1. The van der Waals surface area contributed by atoms with Crippen LogP contribution < -0.4 is 14.8 Å². The van der Waals surface area contributed by atoms with E-state index in [0.29, 0.717) is 12.0 Å². The van der Waals surface area contributed by atoms with Gasteiger partial charge in [0.15, 0.2) is 11.5 Å². The molecule has 2 aliphatic rings. The summed E-state index contributed by atoms with van der Waals surface area (Å²) in [6.07, 6.45) is 6.87. The number of rotatable bonds is 6. The van der Waals surface area contributed by atoms with E-state index in [9.17, 15) is 4.79 Å². The molecule has 20 heavy (non-hydrogen) atoms. The number of carbonyl (C=O) groups excluding carboxylic acids is 1. The summed E-state index contributed by atoms with van der Waals surface area (Å²) in [7, 11) is 1.67. The Morgan fingerprint density at radius 3 is 2.75 bits per heavy atom. The van der Waals surface area contributed by atoms with Gasteiger partial charge in [0.25, 0.3) is 0 Å². The predicted molar refractivity (Wildman–Crippen MR) is 76.2 cm³/mol. The van der Waals surface area contributed by atoms with Crippen LogP contribution in [-0.2, 0) is 4.79 Å². The summed E-state index contributed by atoms with van der Waals surface area (Å²) in [4.78, 5) is 10.5. The van der Waals surface area contributed by atoms with Crippen LogP contribution >= 0.6 is 0 Å². The van der Waals surface area contributed by atoms with Crippen LogP contribution in [0.15, 0.2) is 18.2 Å². The van der Waals surface area contributed by atoms with Gasteiger partial charge >= 0.3 is 0 Å². The van der Waals surface area contributed by atoms with Crippen molar-refractivity contribution in [2.24, 2.45) is 0 Å². The lowest BCUT2D eigenvalue weighted by molar-refractivity contribution is -0.109. The van der Waals surface area contributed by atoms with Crippen molar-refractivity contribution in [2.75, 3.05) is 7.11 Å². The van der Waals surface area contributed by atoms with E-state index in [1.165, 1.54) is 18.4 Å². The van der Waals surface area contributed by atoms with Gasteiger partial charge in [-0.1, -0.05) is 6.07 Å². The molecular formula is C16H21NO3. The van der Waals surface area contributed by atoms with Crippen molar-refractivity contribution in [3.8, 4) is 11.5 Å². The van der Waals surface area contributed by atoms with E-state index in [4.69, 9.17) is 9.47 Å². The molecule has 2 fully saturated rings. The largest absolute Gasteiger partial charge is 0.493 e. The van der Waals surface area contributed by atoms with Gasteiger partial charge in [-0.15, -0.1) is 0 Å². The predicted octanol–water partition coefficient (Wildman–Crippen LogP) is 2.62. The highest BCUT2D eigenvalue weighted by molar-refractivity contribution is 5.51. The Labute approximate surface area is 119 Å². The lowest BCUT2D eigenvalue weighted by Gasteiger charge is -2.17. The van der Waals surface area contributed by atoms with Gasteiger partial charge in [-0.3, -0.25) is 4.79 Å². The second kappa shape index (κ2) is 5.73. The smallest absolute Gasteiger partial charge is 0.207 e. The molecule has 3 rings (SSSR count). The average Bonchev–Trinajstić information content (AvgIpc) is 3.04. The zero-order chi connectivity index (χ0) is 13.9. The summed E-state index contributed by atoms with van der Waals surface area (Å²) in [6, 6.07) is 6.39. The highest BCUT2D eigenvalue weighted by atomic mass is 16.5. The van der Waals surface area contributed by atoms with Crippen LogP contribution in [-0.4, -0.2) is 25.7 Å². The van der Waals surface area contributed by atoms with E-state index >= 15 is 0 Å². The standard InChI is InChI=1S/C16H21NO3/c1-19-15-7-6-11(13-9-14(13)17-10-18)8-16(15)20-12-4-2-3-5-12/h6-8,10,12-14H,2-5,9H2,1H3,(H,17,18)/t13-,14+/m0/s1. The molecule has 1 amide bonds. The van der Waals surface area contributed by atoms with Crippen molar-refractivity contribution in [3.05, 3.63) is 23.8 Å². The van der Waals surface area contributed by atoms with Crippen molar-refractivity contribution in [2.45, 2.75) is 50.2 Å². The molecule has 0 saturated heterocycles. The maximum atomic E-state index is 10.5. The van der Waals surface area contributed by atoms with Crippen molar-refractivity contribution in [1.29, 1.82) is 0 Å². The summed E-state index contributed by atoms with van der Waals surface area (Å²) < 4.78 is 11.5. The molecule has 1 N–H and O–H groups in total. The molecule has 0 aliphatic heterocycles. The summed E-state index contributed by atoms with van der Waals surface area (Å²) in [6.45, 7) is 0. The van der Waals surface area contributed by atoms with Gasteiger partial charge in [-0.2, -0.15) is 0 Å². The highest BCUT2D eigenvalue weighted by Gasteiger charge is 2.38. The molecule has 2 saturated carbocycles. The van der Waals surface area contributed by atoms with Gasteiger partial charge in [0.05, 0.1) is 13.2 Å². The Balaban J connectivity index is 1.74. The fourth-order valence-electron chi connectivity index (χ4n) is 3.04. The Morgan fingerprint density at radius 2 is 2.05 bits per heavy atom. The summed E-state index contributed by atoms with van der Waals surface area (Å²) in [5, 5.41) is 2.84. The van der Waals surface area contributed by atoms with Crippen LogP contribution in [0.25, 0.3) is 0 Å². The Morgan fingerprint density at radius 1 is 1.25 bits per heavy atom. The second-order valence-corrected chi connectivity index (χ2v) is 5.67. The highest BCUT2D eigenvalue weighted by Crippen LogP contribution is 2.43. The monoisotopic (exact) mass is 275 g/mol. The SMILES string of the molecule is COc1ccc([C@@H]2C[C@H]2NC=O)cc1OC1CCCC1. The minimum atomic E-state index is 0.278. The molecule has 0 bridgehead atoms. The van der Waals surface area contributed by atoms with Crippen molar-refractivity contribution < 1.29 is 14.3 Å². The number of hydrogen-bond acceptors (Lipinski definition) is 3. The third kappa shape index (κ3) is 2.74. The lowest BCUT2D eigenvalue weighted by atomic mass is 10.1. The van der Waals surface area contributed by atoms with Gasteiger partial charge in [0.2, 0.25) is 6.41 Å². The zero-order valence-corrected chi connectivity index (χ0v) is 11.8. The first kappa shape index (κ1) is 13.3. The third-order valence-corrected chi connectivity index (χ3v) is 4.28. The van der Waals surface area contributed by atoms with E-state index in [1.807, 2.05) is 6.07 Å². The second-order valence-electron chi connectivity index (χ2n) is 5.67. The van der Waals surface area contributed by atoms with E-state index < -0.39 is 0 Å². The minimum Gasteiger partial charge on any atom is -0.493 e. The quantitative estimate of drug-likeness (QED) is 0.812. The summed E-state index contributed by atoms with van der Waals surface area (Å²) >= 11 is 0. The molecule has 1 aromatic rings. The fourth-order valence-corrected chi connectivity index (χ4v) is 3.04. The van der Waals surface area contributed by atoms with Gasteiger partial charge in [0.1, 0.15) is 0 Å². The number of carbonyl (C=O) groups is 1. The number of amides is 1. The van der Waals surface area contributed by atoms with Crippen LogP contribution in [0.1, 0.15) is 43.6 Å². The maximum absolute atomic E-state index is 10.5. The minimum absolute atomic E-state index is 0.278. The average molecular weight is 275 g/mol. The van der Waals surface area contributed by atoms with Crippen molar-refractivity contribution in [1.82, 2.24) is 5.32 Å². The molecule has 2 aliphatic carbocycles.